The summed E-state index contributed by atoms with van der Waals surface area (Å²) >= 11 is 0. The Bertz CT molecular complexity index is 1170. The van der Waals surface area contributed by atoms with Gasteiger partial charge in [-0.05, 0) is 76.1 Å². The highest BCUT2D eigenvalue weighted by molar-refractivity contribution is 5.93. The maximum Gasteiger partial charge on any atom is 0.261 e. The van der Waals surface area contributed by atoms with Crippen molar-refractivity contribution >= 4 is 16.7 Å². The van der Waals surface area contributed by atoms with Crippen molar-refractivity contribution in [2.24, 2.45) is 0 Å². The van der Waals surface area contributed by atoms with Crippen molar-refractivity contribution in [1.82, 2.24) is 20.4 Å². The average Bonchev–Trinajstić information content (AvgIpc) is 3.26. The predicted octanol–water partition coefficient (Wildman–Crippen LogP) is 4.73. The van der Waals surface area contributed by atoms with Gasteiger partial charge >= 0.3 is 0 Å². The number of pyridine rings is 1. The molecule has 3 aromatic rings. The van der Waals surface area contributed by atoms with E-state index in [0.717, 1.165) is 79.8 Å². The van der Waals surface area contributed by atoms with Crippen LogP contribution in [0.1, 0.15) is 56.5 Å². The molecule has 0 amide bonds. The van der Waals surface area contributed by atoms with Gasteiger partial charge in [0.05, 0.1) is 5.56 Å². The van der Waals surface area contributed by atoms with Gasteiger partial charge in [0.1, 0.15) is 17.2 Å². The van der Waals surface area contributed by atoms with Gasteiger partial charge in [-0.2, -0.15) is 4.98 Å². The maximum absolute atomic E-state index is 15.2. The molecule has 0 radical (unpaired) electrons. The molecule has 182 valence electrons. The molecule has 7 nitrogen and oxygen atoms in total. The number of ether oxygens (including phenoxy) is 1. The fourth-order valence-electron chi connectivity index (χ4n) is 5.42. The summed E-state index contributed by atoms with van der Waals surface area (Å²) in [6.45, 7) is 10.6. The van der Waals surface area contributed by atoms with Crippen molar-refractivity contribution < 1.29 is 13.7 Å². The largest absolute Gasteiger partial charge is 0.381 e. The first kappa shape index (κ1) is 23.2. The summed E-state index contributed by atoms with van der Waals surface area (Å²) in [5.74, 6) is 1.46. The minimum absolute atomic E-state index is 0.233. The lowest BCUT2D eigenvalue weighted by atomic mass is 9.94. The van der Waals surface area contributed by atoms with Crippen LogP contribution < -0.4 is 10.2 Å². The van der Waals surface area contributed by atoms with E-state index in [0.29, 0.717) is 29.3 Å². The lowest BCUT2D eigenvalue weighted by Crippen LogP contribution is -2.51. The summed E-state index contributed by atoms with van der Waals surface area (Å²) in [5, 5.41) is 8.67. The van der Waals surface area contributed by atoms with Gasteiger partial charge in [0.2, 0.25) is 0 Å². The minimum Gasteiger partial charge on any atom is -0.381 e. The van der Waals surface area contributed by atoms with Crippen LogP contribution in [0.3, 0.4) is 0 Å². The van der Waals surface area contributed by atoms with E-state index in [-0.39, 0.29) is 11.9 Å². The first-order valence-electron chi connectivity index (χ1n) is 12.5. The second-order valence-electron chi connectivity index (χ2n) is 9.73. The Labute approximate surface area is 200 Å². The highest BCUT2D eigenvalue weighted by atomic mass is 19.1. The quantitative estimate of drug-likeness (QED) is 0.581. The van der Waals surface area contributed by atoms with Crippen molar-refractivity contribution in [2.75, 3.05) is 24.7 Å². The topological polar surface area (TPSA) is 76.3 Å². The number of nitrogens with zero attached hydrogens (tertiary/aromatic N) is 4. The van der Waals surface area contributed by atoms with Crippen LogP contribution in [-0.4, -0.2) is 53.0 Å². The van der Waals surface area contributed by atoms with Gasteiger partial charge in [-0.3, -0.25) is 0 Å². The monoisotopic (exact) mass is 467 g/mol. The van der Waals surface area contributed by atoms with Crippen LogP contribution in [-0.2, 0) is 11.2 Å². The molecule has 0 bridgehead atoms. The van der Waals surface area contributed by atoms with Crippen LogP contribution in [0.25, 0.3) is 22.4 Å². The molecule has 0 aliphatic carbocycles. The van der Waals surface area contributed by atoms with Crippen LogP contribution >= 0.6 is 0 Å². The molecule has 1 aromatic carbocycles. The number of rotatable bonds is 5. The van der Waals surface area contributed by atoms with E-state index in [2.05, 4.69) is 27.3 Å². The van der Waals surface area contributed by atoms with E-state index in [4.69, 9.17) is 14.2 Å². The Morgan fingerprint density at radius 3 is 2.59 bits per heavy atom. The van der Waals surface area contributed by atoms with Gasteiger partial charge in [-0.1, -0.05) is 12.1 Å². The molecule has 0 spiro atoms. The highest BCUT2D eigenvalue weighted by Gasteiger charge is 2.32. The highest BCUT2D eigenvalue weighted by Crippen LogP contribution is 2.39. The van der Waals surface area contributed by atoms with Gasteiger partial charge in [0, 0.05) is 43.3 Å². The number of benzene rings is 1. The van der Waals surface area contributed by atoms with Crippen LogP contribution in [0, 0.1) is 19.7 Å². The van der Waals surface area contributed by atoms with Gasteiger partial charge in [-0.15, -0.1) is 0 Å². The lowest BCUT2D eigenvalue weighted by molar-refractivity contribution is 0.0733. The van der Waals surface area contributed by atoms with Gasteiger partial charge in [-0.25, -0.2) is 9.37 Å². The van der Waals surface area contributed by atoms with Crippen LogP contribution in [0.2, 0.25) is 0 Å². The first-order valence-corrected chi connectivity index (χ1v) is 12.5. The zero-order valence-electron chi connectivity index (χ0n) is 20.5. The maximum atomic E-state index is 15.2. The van der Waals surface area contributed by atoms with Crippen molar-refractivity contribution in [1.29, 1.82) is 0 Å². The third kappa shape index (κ3) is 4.41. The van der Waals surface area contributed by atoms with E-state index in [1.807, 2.05) is 19.9 Å². The SMILES string of the molecule is CCc1cc(F)c2nc(N3CCC(NC4CCOCC4)C[C@@H]3C)c(-c3nc(C)no3)c(C)c2c1. The Kier molecular flexibility index (Phi) is 6.53. The van der Waals surface area contributed by atoms with Gasteiger partial charge in [0.25, 0.3) is 5.89 Å². The molecule has 1 N–H and O–H groups in total. The van der Waals surface area contributed by atoms with Gasteiger partial charge in [0.15, 0.2) is 5.82 Å². The lowest BCUT2D eigenvalue weighted by Gasteiger charge is -2.41. The van der Waals surface area contributed by atoms with Crippen molar-refractivity contribution in [2.45, 2.75) is 77.9 Å². The third-order valence-electron chi connectivity index (χ3n) is 7.33. The van der Waals surface area contributed by atoms with E-state index in [9.17, 15) is 0 Å². The molecule has 4 heterocycles. The Morgan fingerprint density at radius 1 is 1.12 bits per heavy atom. The molecule has 5 rings (SSSR count). The molecule has 2 atom stereocenters. The zero-order chi connectivity index (χ0) is 23.8. The number of piperidine rings is 1. The van der Waals surface area contributed by atoms with Crippen molar-refractivity contribution in [3.05, 3.63) is 34.9 Å². The average molecular weight is 468 g/mol. The fourth-order valence-corrected chi connectivity index (χ4v) is 5.42. The summed E-state index contributed by atoms with van der Waals surface area (Å²) in [6, 6.07) is 4.84. The van der Waals surface area contributed by atoms with E-state index >= 15 is 4.39 Å². The standard InChI is InChI=1S/C26H34FN5O2/c1-5-18-13-21-16(3)23(26-28-17(4)31-34-26)25(30-24(21)22(27)14-18)32-9-6-20(12-15(32)2)29-19-7-10-33-11-8-19/h13-15,19-20,29H,5-12H2,1-4H3/t15-,20?/m0/s1. The van der Waals surface area contributed by atoms with Crippen molar-refractivity contribution in [3.8, 4) is 11.5 Å². The first-order chi connectivity index (χ1) is 16.4. The predicted molar refractivity (Wildman–Crippen MR) is 131 cm³/mol. The molecular formula is C26H34FN5O2. The third-order valence-corrected chi connectivity index (χ3v) is 7.33. The van der Waals surface area contributed by atoms with E-state index in [1.165, 1.54) is 0 Å². The fraction of sp³-hybridized carbons (Fsp3) is 0.577. The van der Waals surface area contributed by atoms with Crippen molar-refractivity contribution in [3.63, 3.8) is 0 Å². The van der Waals surface area contributed by atoms with Crippen LogP contribution in [0.15, 0.2) is 16.7 Å². The second-order valence-corrected chi connectivity index (χ2v) is 9.73. The number of hydrogen-bond acceptors (Lipinski definition) is 7. The molecule has 2 fully saturated rings. The van der Waals surface area contributed by atoms with Crippen LogP contribution in [0.5, 0.6) is 0 Å². The normalized spacial score (nSPS) is 22.0. The number of fused-ring (bicyclic) bond motifs is 1. The molecule has 2 aliphatic rings. The van der Waals surface area contributed by atoms with Gasteiger partial charge < -0.3 is 19.5 Å². The molecule has 2 aliphatic heterocycles. The summed E-state index contributed by atoms with van der Waals surface area (Å²) in [6.07, 6.45) is 4.89. The summed E-state index contributed by atoms with van der Waals surface area (Å²) in [7, 11) is 0. The number of anilines is 1. The van der Waals surface area contributed by atoms with Crippen LogP contribution in [0.4, 0.5) is 10.2 Å². The summed E-state index contributed by atoms with van der Waals surface area (Å²) < 4.78 is 26.3. The molecule has 0 saturated carbocycles. The molecule has 34 heavy (non-hydrogen) atoms. The second kappa shape index (κ2) is 9.58. The smallest absolute Gasteiger partial charge is 0.261 e. The summed E-state index contributed by atoms with van der Waals surface area (Å²) in [4.78, 5) is 11.7. The van der Waals surface area contributed by atoms with E-state index in [1.54, 1.807) is 13.0 Å². The number of aromatic nitrogens is 3. The Hall–Kier alpha value is -2.58. The number of hydrogen-bond donors (Lipinski definition) is 1. The Balaban J connectivity index is 1.52. The number of nitrogens with one attached hydrogen (secondary N) is 1. The Morgan fingerprint density at radius 2 is 1.91 bits per heavy atom. The minimum atomic E-state index is -0.282. The van der Waals surface area contributed by atoms with E-state index < -0.39 is 0 Å². The molecule has 2 aromatic heterocycles. The number of halogens is 1. The molecular weight excluding hydrogens is 433 g/mol. The number of aryl methyl sites for hydroxylation is 3. The summed E-state index contributed by atoms with van der Waals surface area (Å²) in [5.41, 5.74) is 3.08. The zero-order valence-corrected chi connectivity index (χ0v) is 20.5. The molecule has 2 saturated heterocycles. The molecule has 8 heteroatoms. The molecule has 1 unspecified atom stereocenters.